The van der Waals surface area contributed by atoms with E-state index in [1.165, 1.54) is 0 Å². The highest BCUT2D eigenvalue weighted by molar-refractivity contribution is 5.99. The number of hydrogen-bond acceptors (Lipinski definition) is 10. The molecule has 1 saturated heterocycles. The molecule has 0 bridgehead atoms. The Hall–Kier alpha value is -4.47. The zero-order valence-electron chi connectivity index (χ0n) is 35.1. The van der Waals surface area contributed by atoms with Crippen LogP contribution in [0, 0.1) is 11.8 Å². The average Bonchev–Trinajstić information content (AvgIpc) is 3.21. The summed E-state index contributed by atoms with van der Waals surface area (Å²) in [4.78, 5) is 61.7. The first-order valence-electron chi connectivity index (χ1n) is 21.1. The van der Waals surface area contributed by atoms with E-state index in [9.17, 15) is 24.3 Å². The maximum Gasteiger partial charge on any atom is 0.270 e. The van der Waals surface area contributed by atoms with Gasteiger partial charge in [-0.2, -0.15) is 0 Å². The standard InChI is InChI=1S/C45H64N6O8/c1-45(2,3)50-44(56)39-27-33-15-8-9-16-34(33)29-51(39)30-40(52)37(26-31-12-6-5-7-13-31)48-43(55)38(28-41(53)46-20-21-58-24-25-59-23-22-57-4)49-42(54)36-19-18-32-14-10-11-17-35(32)47-36/h5-7,10-14,17-19,33-34,37-40,52H,8-9,15-16,20-30H2,1-4H3,(H,46,53)(H,48,55)(H,49,54)(H,50,56)/t33-,34+,37-,38-,39-,40+/m0/s1. The summed E-state index contributed by atoms with van der Waals surface area (Å²) in [6.07, 6.45) is 4.02. The second-order valence-corrected chi connectivity index (χ2v) is 16.8. The molecule has 0 radical (unpaired) electrons. The molecule has 0 spiro atoms. The van der Waals surface area contributed by atoms with Gasteiger partial charge in [-0.25, -0.2) is 4.98 Å². The Kier molecular flexibility index (Phi) is 17.6. The third-order valence-electron chi connectivity index (χ3n) is 11.0. The molecule has 59 heavy (non-hydrogen) atoms. The Morgan fingerprint density at radius 3 is 2.31 bits per heavy atom. The van der Waals surface area contributed by atoms with Crippen molar-refractivity contribution in [1.29, 1.82) is 0 Å². The lowest BCUT2D eigenvalue weighted by atomic mass is 9.72. The first kappa shape index (κ1) is 45.6. The molecule has 5 rings (SSSR count). The Morgan fingerprint density at radius 2 is 1.56 bits per heavy atom. The van der Waals surface area contributed by atoms with Gasteiger partial charge < -0.3 is 40.6 Å². The van der Waals surface area contributed by atoms with Crippen LogP contribution in [0.5, 0.6) is 0 Å². The minimum absolute atomic E-state index is 0.0609. The van der Waals surface area contributed by atoms with Gasteiger partial charge in [0.05, 0.1) is 63.2 Å². The van der Waals surface area contributed by atoms with Crippen LogP contribution in [0.1, 0.15) is 75.3 Å². The number of pyridine rings is 1. The molecule has 322 valence electrons. The predicted octanol–water partition coefficient (Wildman–Crippen LogP) is 3.40. The summed E-state index contributed by atoms with van der Waals surface area (Å²) < 4.78 is 15.9. The number of hydrogen-bond donors (Lipinski definition) is 5. The smallest absolute Gasteiger partial charge is 0.270 e. The third kappa shape index (κ3) is 14.6. The molecule has 1 aliphatic heterocycles. The Morgan fingerprint density at radius 1 is 0.864 bits per heavy atom. The van der Waals surface area contributed by atoms with E-state index >= 15 is 0 Å². The highest BCUT2D eigenvalue weighted by Crippen LogP contribution is 2.39. The van der Waals surface area contributed by atoms with E-state index in [1.807, 2.05) is 69.3 Å². The number of carbonyl (C=O) groups excluding carboxylic acids is 4. The van der Waals surface area contributed by atoms with Crippen molar-refractivity contribution < 1.29 is 38.5 Å². The number of rotatable bonds is 21. The summed E-state index contributed by atoms with van der Waals surface area (Å²) in [6, 6.07) is 17.7. The van der Waals surface area contributed by atoms with Gasteiger partial charge in [-0.15, -0.1) is 0 Å². The molecule has 6 atom stereocenters. The Balaban J connectivity index is 1.32. The van der Waals surface area contributed by atoms with Gasteiger partial charge in [0.15, 0.2) is 0 Å². The molecule has 5 N–H and O–H groups in total. The molecule has 2 heterocycles. The van der Waals surface area contributed by atoms with Crippen LogP contribution in [0.4, 0.5) is 0 Å². The Bertz CT molecular complexity index is 1810. The van der Waals surface area contributed by atoms with Crippen LogP contribution in [0.2, 0.25) is 0 Å². The normalized spacial score (nSPS) is 19.8. The van der Waals surface area contributed by atoms with E-state index in [0.29, 0.717) is 56.7 Å². The van der Waals surface area contributed by atoms with Crippen LogP contribution >= 0.6 is 0 Å². The molecule has 2 aromatic carbocycles. The SMILES string of the molecule is COCCOCCOCCNC(=O)C[C@H](NC(=O)c1ccc2ccccc2n1)C(=O)N[C@@H](Cc1ccccc1)[C@H](O)CN1C[C@H]2CCCC[C@H]2C[C@H]1C(=O)NC(C)(C)C. The second kappa shape index (κ2) is 22.8. The molecule has 3 aromatic rings. The molecule has 2 fully saturated rings. The minimum Gasteiger partial charge on any atom is -0.390 e. The van der Waals surface area contributed by atoms with E-state index in [0.717, 1.165) is 36.6 Å². The van der Waals surface area contributed by atoms with Gasteiger partial charge in [0.2, 0.25) is 17.7 Å². The number of fused-ring (bicyclic) bond motifs is 2. The van der Waals surface area contributed by atoms with Crippen molar-refractivity contribution in [2.24, 2.45) is 11.8 Å². The average molecular weight is 817 g/mol. The number of aliphatic hydroxyl groups is 1. The molecule has 14 nitrogen and oxygen atoms in total. The zero-order chi connectivity index (χ0) is 42.2. The van der Waals surface area contributed by atoms with Crippen LogP contribution in [-0.2, 0) is 35.0 Å². The van der Waals surface area contributed by atoms with Gasteiger partial charge in [-0.1, -0.05) is 73.9 Å². The summed E-state index contributed by atoms with van der Waals surface area (Å²) >= 11 is 0. The monoisotopic (exact) mass is 816 g/mol. The van der Waals surface area contributed by atoms with Gasteiger partial charge in [-0.3, -0.25) is 24.1 Å². The lowest BCUT2D eigenvalue weighted by Gasteiger charge is -2.47. The van der Waals surface area contributed by atoms with E-state index < -0.39 is 47.5 Å². The van der Waals surface area contributed by atoms with E-state index in [4.69, 9.17) is 14.2 Å². The highest BCUT2D eigenvalue weighted by Gasteiger charge is 2.42. The van der Waals surface area contributed by atoms with Crippen LogP contribution in [0.25, 0.3) is 10.9 Å². The molecular weight excluding hydrogens is 753 g/mol. The van der Waals surface area contributed by atoms with Crippen LogP contribution in [0.15, 0.2) is 66.7 Å². The molecule has 1 aliphatic carbocycles. The van der Waals surface area contributed by atoms with E-state index in [-0.39, 0.29) is 44.1 Å². The number of benzene rings is 2. The number of para-hydroxylation sites is 1. The number of piperidine rings is 1. The van der Waals surface area contributed by atoms with Crippen molar-refractivity contribution in [3.8, 4) is 0 Å². The molecule has 1 saturated carbocycles. The number of β-amino-alcohol motifs (C(OH)–C–C–N with tert-alkyl or cyclic N) is 1. The maximum absolute atomic E-state index is 14.3. The van der Waals surface area contributed by atoms with Crippen molar-refractivity contribution in [1.82, 2.24) is 31.2 Å². The zero-order valence-corrected chi connectivity index (χ0v) is 35.1. The summed E-state index contributed by atoms with van der Waals surface area (Å²) in [5, 5.41) is 24.6. The van der Waals surface area contributed by atoms with Gasteiger partial charge in [-0.05, 0) is 69.6 Å². The van der Waals surface area contributed by atoms with E-state index in [2.05, 4.69) is 31.2 Å². The van der Waals surface area contributed by atoms with Crippen molar-refractivity contribution in [3.05, 3.63) is 78.0 Å². The van der Waals surface area contributed by atoms with Crippen molar-refractivity contribution in [3.63, 3.8) is 0 Å². The number of likely N-dealkylation sites (tertiary alicyclic amines) is 1. The number of ether oxygens (including phenoxy) is 3. The van der Waals surface area contributed by atoms with Gasteiger partial charge in [0.1, 0.15) is 11.7 Å². The largest absolute Gasteiger partial charge is 0.390 e. The number of nitrogens with one attached hydrogen (secondary N) is 4. The van der Waals surface area contributed by atoms with Crippen LogP contribution in [0.3, 0.4) is 0 Å². The number of carbonyl (C=O) groups is 4. The fourth-order valence-electron chi connectivity index (χ4n) is 8.05. The van der Waals surface area contributed by atoms with Crippen LogP contribution in [-0.4, -0.2) is 128 Å². The molecular formula is C45H64N6O8. The number of aromatic nitrogens is 1. The molecule has 1 aromatic heterocycles. The first-order valence-corrected chi connectivity index (χ1v) is 21.1. The Labute approximate surface area is 348 Å². The van der Waals surface area contributed by atoms with Gasteiger partial charge >= 0.3 is 0 Å². The number of aliphatic hydroxyl groups excluding tert-OH is 1. The van der Waals surface area contributed by atoms with Gasteiger partial charge in [0.25, 0.3) is 5.91 Å². The summed E-state index contributed by atoms with van der Waals surface area (Å²) in [6.45, 7) is 8.79. The van der Waals surface area contributed by atoms with Crippen molar-refractivity contribution >= 4 is 34.5 Å². The van der Waals surface area contributed by atoms with Crippen LogP contribution < -0.4 is 21.3 Å². The molecule has 2 aliphatic rings. The summed E-state index contributed by atoms with van der Waals surface area (Å²) in [7, 11) is 1.60. The maximum atomic E-state index is 14.3. The van der Waals surface area contributed by atoms with Crippen molar-refractivity contribution in [2.75, 3.05) is 59.8 Å². The fraction of sp³-hybridized carbons (Fsp3) is 0.578. The third-order valence-corrected chi connectivity index (χ3v) is 11.0. The molecule has 0 unspecified atom stereocenters. The number of methoxy groups -OCH3 is 1. The topological polar surface area (TPSA) is 180 Å². The van der Waals surface area contributed by atoms with Crippen molar-refractivity contribution in [2.45, 2.75) is 95.5 Å². The summed E-state index contributed by atoms with van der Waals surface area (Å²) in [5.74, 6) is -0.907. The molecule has 4 amide bonds. The quantitative estimate of drug-likeness (QED) is 0.100. The fourth-order valence-corrected chi connectivity index (χ4v) is 8.05. The second-order valence-electron chi connectivity index (χ2n) is 16.8. The molecule has 14 heteroatoms. The number of nitrogens with zero attached hydrogens (tertiary/aromatic N) is 2. The van der Waals surface area contributed by atoms with Gasteiger partial charge in [0, 0.05) is 37.7 Å². The lowest BCUT2D eigenvalue weighted by Crippen LogP contribution is -2.61. The summed E-state index contributed by atoms with van der Waals surface area (Å²) in [5.41, 5.74) is 1.16. The minimum atomic E-state index is -1.31. The number of amides is 4. The first-order chi connectivity index (χ1) is 28.4. The van der Waals surface area contributed by atoms with E-state index in [1.54, 1.807) is 25.3 Å². The predicted molar refractivity (Wildman–Crippen MR) is 226 cm³/mol. The lowest BCUT2D eigenvalue weighted by molar-refractivity contribution is -0.133. The highest BCUT2D eigenvalue weighted by atomic mass is 16.5.